The third kappa shape index (κ3) is 1.12. The van der Waals surface area contributed by atoms with E-state index < -0.39 is 0 Å². The first-order valence-electron chi connectivity index (χ1n) is 2.74. The van der Waals surface area contributed by atoms with Gasteiger partial charge in [-0.25, -0.2) is 11.3 Å². The van der Waals surface area contributed by atoms with Crippen LogP contribution in [-0.2, 0) is 0 Å². The zero-order valence-electron chi connectivity index (χ0n) is 4.91. The number of rotatable bonds is 2. The SMILES string of the molecule is CC[B-]n1ccnc1. The molecule has 2 nitrogen and oxygen atoms in total. The van der Waals surface area contributed by atoms with E-state index in [1.807, 2.05) is 10.7 Å². The second-order valence-electron chi connectivity index (χ2n) is 1.60. The molecule has 2 radical (unpaired) electrons. The van der Waals surface area contributed by atoms with Crippen LogP contribution in [0.25, 0.3) is 0 Å². The van der Waals surface area contributed by atoms with Crippen molar-refractivity contribution >= 4 is 7.41 Å². The number of imidazole rings is 1. The Kier molecular flexibility index (Phi) is 1.73. The van der Waals surface area contributed by atoms with Crippen molar-refractivity contribution in [1.82, 2.24) is 9.46 Å². The summed E-state index contributed by atoms with van der Waals surface area (Å²) < 4.78 is 1.94. The monoisotopic (exact) mass is 107 g/mol. The molecule has 0 bridgehead atoms. The molecule has 0 aliphatic heterocycles. The van der Waals surface area contributed by atoms with Gasteiger partial charge < -0.3 is 4.48 Å². The summed E-state index contributed by atoms with van der Waals surface area (Å²) in [6, 6.07) is 0. The van der Waals surface area contributed by atoms with Gasteiger partial charge >= 0.3 is 0 Å². The van der Waals surface area contributed by atoms with Crippen LogP contribution in [-0.4, -0.2) is 16.9 Å². The fraction of sp³-hybridized carbons (Fsp3) is 0.400. The van der Waals surface area contributed by atoms with Crippen molar-refractivity contribution in [2.75, 3.05) is 0 Å². The average Bonchev–Trinajstić information content (AvgIpc) is 2.19. The summed E-state index contributed by atoms with van der Waals surface area (Å²) in [6.45, 7) is 2.10. The summed E-state index contributed by atoms with van der Waals surface area (Å²) >= 11 is 0. The maximum atomic E-state index is 3.87. The van der Waals surface area contributed by atoms with E-state index >= 15 is 0 Å². The largest absolute Gasteiger partial charge is 0.580 e. The predicted molar refractivity (Wildman–Crippen MR) is 33.9 cm³/mol. The maximum absolute atomic E-state index is 3.87. The molecule has 0 amide bonds. The van der Waals surface area contributed by atoms with Gasteiger partial charge in [0.15, 0.2) is 0 Å². The van der Waals surface area contributed by atoms with Crippen molar-refractivity contribution < 1.29 is 0 Å². The van der Waals surface area contributed by atoms with Gasteiger partial charge in [-0.2, -0.15) is 7.41 Å². The van der Waals surface area contributed by atoms with Crippen molar-refractivity contribution in [2.45, 2.75) is 13.2 Å². The van der Waals surface area contributed by atoms with Gasteiger partial charge in [0.25, 0.3) is 0 Å². The van der Waals surface area contributed by atoms with E-state index in [2.05, 4.69) is 19.3 Å². The third-order valence-corrected chi connectivity index (χ3v) is 0.918. The topological polar surface area (TPSA) is 17.8 Å². The van der Waals surface area contributed by atoms with E-state index in [0.29, 0.717) is 0 Å². The predicted octanol–water partition coefficient (Wildman–Crippen LogP) is 0.789. The standard InChI is InChI=1S/C5H8BN2/c1-2-6-8-4-3-7-5-8/h3-5H,2H2,1H3/q-1. The molecular formula is C5H8BN2-. The van der Waals surface area contributed by atoms with E-state index in [4.69, 9.17) is 0 Å². The van der Waals surface area contributed by atoms with Crippen molar-refractivity contribution in [1.29, 1.82) is 0 Å². The summed E-state index contributed by atoms with van der Waals surface area (Å²) in [5.74, 6) is 0. The van der Waals surface area contributed by atoms with Crippen LogP contribution >= 0.6 is 0 Å². The first kappa shape index (κ1) is 5.41. The minimum absolute atomic E-state index is 1.05. The average molecular weight is 107 g/mol. The van der Waals surface area contributed by atoms with Crippen LogP contribution in [0.5, 0.6) is 0 Å². The van der Waals surface area contributed by atoms with E-state index in [1.54, 1.807) is 12.5 Å². The number of nitrogens with zero attached hydrogens (tertiary/aromatic N) is 2. The van der Waals surface area contributed by atoms with Gasteiger partial charge in [0, 0.05) is 12.5 Å². The molecule has 42 valence electrons. The van der Waals surface area contributed by atoms with Crippen LogP contribution in [0.1, 0.15) is 6.92 Å². The Balaban J connectivity index is 2.50. The highest BCUT2D eigenvalue weighted by Gasteiger charge is 1.68. The van der Waals surface area contributed by atoms with E-state index in [0.717, 1.165) is 6.32 Å². The van der Waals surface area contributed by atoms with Crippen LogP contribution < -0.4 is 0 Å². The second kappa shape index (κ2) is 2.55. The molecular weight excluding hydrogens is 98.9 g/mol. The first-order chi connectivity index (χ1) is 3.93. The van der Waals surface area contributed by atoms with Crippen LogP contribution in [0.3, 0.4) is 0 Å². The third-order valence-electron chi connectivity index (χ3n) is 0.918. The van der Waals surface area contributed by atoms with Crippen LogP contribution in [0.4, 0.5) is 0 Å². The molecule has 8 heavy (non-hydrogen) atoms. The molecule has 0 aromatic carbocycles. The van der Waals surface area contributed by atoms with Crippen LogP contribution in [0.2, 0.25) is 6.32 Å². The highest BCUT2D eigenvalue weighted by molar-refractivity contribution is 6.33. The quantitative estimate of drug-likeness (QED) is 0.510. The number of hydrogen-bond donors (Lipinski definition) is 0. The zero-order valence-corrected chi connectivity index (χ0v) is 4.91. The minimum Gasteiger partial charge on any atom is -0.580 e. The van der Waals surface area contributed by atoms with Crippen molar-refractivity contribution in [3.05, 3.63) is 18.7 Å². The molecule has 0 N–H and O–H groups in total. The Morgan fingerprint density at radius 2 is 2.62 bits per heavy atom. The van der Waals surface area contributed by atoms with Gasteiger partial charge in [0.05, 0.1) is 0 Å². The zero-order chi connectivity index (χ0) is 5.82. The minimum atomic E-state index is 1.05. The molecule has 0 spiro atoms. The Labute approximate surface area is 49.8 Å². The van der Waals surface area contributed by atoms with E-state index in [1.165, 1.54) is 0 Å². The molecule has 1 aromatic rings. The molecule has 1 rings (SSSR count). The van der Waals surface area contributed by atoms with Gasteiger partial charge in [-0.05, 0) is 6.20 Å². The van der Waals surface area contributed by atoms with Crippen molar-refractivity contribution in [3.63, 3.8) is 0 Å². The van der Waals surface area contributed by atoms with Crippen LogP contribution in [0.15, 0.2) is 18.7 Å². The van der Waals surface area contributed by atoms with Crippen molar-refractivity contribution in [3.8, 4) is 0 Å². The number of aromatic nitrogens is 2. The van der Waals surface area contributed by atoms with E-state index in [-0.39, 0.29) is 0 Å². The molecule has 0 aliphatic carbocycles. The fourth-order valence-corrected chi connectivity index (χ4v) is 0.588. The molecule has 0 unspecified atom stereocenters. The van der Waals surface area contributed by atoms with Gasteiger partial charge in [-0.1, -0.05) is 0 Å². The lowest BCUT2D eigenvalue weighted by Gasteiger charge is -2.12. The highest BCUT2D eigenvalue weighted by Crippen LogP contribution is 1.82. The Morgan fingerprint density at radius 3 is 3.12 bits per heavy atom. The summed E-state index contributed by atoms with van der Waals surface area (Å²) in [7, 11) is 2.06. The van der Waals surface area contributed by atoms with E-state index in [9.17, 15) is 0 Å². The second-order valence-corrected chi connectivity index (χ2v) is 1.60. The normalized spacial score (nSPS) is 9.62. The summed E-state index contributed by atoms with van der Waals surface area (Å²) in [5, 5.41) is 0. The highest BCUT2D eigenvalue weighted by atomic mass is 14.9. The maximum Gasteiger partial charge on any atom is 0.0492 e. The fourth-order valence-electron chi connectivity index (χ4n) is 0.588. The number of hydrogen-bond acceptors (Lipinski definition) is 1. The Bertz CT molecular complexity index is 136. The summed E-state index contributed by atoms with van der Waals surface area (Å²) in [6.07, 6.45) is 6.52. The van der Waals surface area contributed by atoms with Gasteiger partial charge in [-0.3, -0.25) is 0 Å². The molecule has 1 aromatic heterocycles. The van der Waals surface area contributed by atoms with Gasteiger partial charge in [0.2, 0.25) is 0 Å². The van der Waals surface area contributed by atoms with Gasteiger partial charge in [-0.15, -0.1) is 6.92 Å². The van der Waals surface area contributed by atoms with Gasteiger partial charge in [0.1, 0.15) is 0 Å². The smallest absolute Gasteiger partial charge is 0.0492 e. The Hall–Kier alpha value is -0.725. The van der Waals surface area contributed by atoms with Crippen LogP contribution in [0, 0.1) is 0 Å². The molecule has 3 heteroatoms. The summed E-state index contributed by atoms with van der Waals surface area (Å²) in [5.41, 5.74) is 0. The molecule has 1 heterocycles. The molecule has 0 atom stereocenters. The summed E-state index contributed by atoms with van der Waals surface area (Å²) in [4.78, 5) is 3.87. The molecule has 0 aliphatic rings. The molecule has 0 saturated carbocycles. The lowest BCUT2D eigenvalue weighted by atomic mass is 9.91. The first-order valence-corrected chi connectivity index (χ1v) is 2.74. The molecule has 0 saturated heterocycles. The molecule has 0 fully saturated rings. The lowest BCUT2D eigenvalue weighted by Crippen LogP contribution is -1.99. The van der Waals surface area contributed by atoms with Crippen molar-refractivity contribution in [2.24, 2.45) is 0 Å². The lowest BCUT2D eigenvalue weighted by molar-refractivity contribution is 1.16. The Morgan fingerprint density at radius 1 is 1.75 bits per heavy atom.